The fourth-order valence-corrected chi connectivity index (χ4v) is 3.21. The van der Waals surface area contributed by atoms with Crippen molar-refractivity contribution in [3.63, 3.8) is 0 Å². The molecule has 1 aromatic carbocycles. The van der Waals surface area contributed by atoms with E-state index in [0.717, 1.165) is 24.2 Å². The fraction of sp³-hybridized carbons (Fsp3) is 0.588. The Balaban J connectivity index is 2.21. The maximum atomic E-state index is 11.3. The quantitative estimate of drug-likeness (QED) is 0.440. The second-order valence-electron chi connectivity index (χ2n) is 5.17. The molecule has 1 atom stereocenters. The summed E-state index contributed by atoms with van der Waals surface area (Å²) in [7, 11) is 0. The van der Waals surface area contributed by atoms with Gasteiger partial charge in [0.25, 0.3) is 0 Å². The van der Waals surface area contributed by atoms with E-state index in [0.29, 0.717) is 0 Å². The molecule has 0 fully saturated rings. The second-order valence-corrected chi connectivity index (χ2v) is 6.44. The Hall–Kier alpha value is -0.960. The highest BCUT2D eigenvalue weighted by atomic mass is 32.2. The monoisotopic (exact) mass is 294 g/mol. The number of hydrogen-bond donors (Lipinski definition) is 1. The van der Waals surface area contributed by atoms with Gasteiger partial charge in [-0.1, -0.05) is 70.1 Å². The summed E-state index contributed by atoms with van der Waals surface area (Å²) in [5.41, 5.74) is 0. The van der Waals surface area contributed by atoms with E-state index in [9.17, 15) is 9.90 Å². The number of hydrogen-bond acceptors (Lipinski definition) is 2. The summed E-state index contributed by atoms with van der Waals surface area (Å²) in [5.74, 6) is -0.690. The van der Waals surface area contributed by atoms with Crippen molar-refractivity contribution in [2.24, 2.45) is 0 Å². The number of carbonyl (C=O) groups is 1. The third-order valence-electron chi connectivity index (χ3n) is 3.37. The molecule has 0 spiro atoms. The first kappa shape index (κ1) is 17.1. The molecular formula is C17H26O2S. The molecular weight excluding hydrogens is 268 g/mol. The molecule has 0 amide bonds. The third-order valence-corrected chi connectivity index (χ3v) is 4.63. The SMILES string of the molecule is CCCCCCCCCC(Sc1ccccc1)C(=O)O. The average Bonchev–Trinajstić information content (AvgIpc) is 2.46. The highest BCUT2D eigenvalue weighted by molar-refractivity contribution is 8.00. The molecule has 0 saturated heterocycles. The van der Waals surface area contributed by atoms with Crippen LogP contribution < -0.4 is 0 Å². The van der Waals surface area contributed by atoms with Gasteiger partial charge in [0.05, 0.1) is 0 Å². The number of thioether (sulfide) groups is 1. The van der Waals surface area contributed by atoms with E-state index in [-0.39, 0.29) is 5.25 Å². The van der Waals surface area contributed by atoms with E-state index < -0.39 is 5.97 Å². The minimum Gasteiger partial charge on any atom is -0.480 e. The number of aliphatic carboxylic acids is 1. The lowest BCUT2D eigenvalue weighted by molar-refractivity contribution is -0.136. The van der Waals surface area contributed by atoms with Crippen LogP contribution in [0.4, 0.5) is 0 Å². The Labute approximate surface area is 127 Å². The van der Waals surface area contributed by atoms with Crippen molar-refractivity contribution < 1.29 is 9.90 Å². The van der Waals surface area contributed by atoms with Gasteiger partial charge in [-0.3, -0.25) is 4.79 Å². The van der Waals surface area contributed by atoms with Crippen molar-refractivity contribution in [1.29, 1.82) is 0 Å². The highest BCUT2D eigenvalue weighted by Gasteiger charge is 2.18. The number of rotatable bonds is 11. The van der Waals surface area contributed by atoms with Crippen LogP contribution in [0.1, 0.15) is 58.3 Å². The summed E-state index contributed by atoms with van der Waals surface area (Å²) < 4.78 is 0. The van der Waals surface area contributed by atoms with Gasteiger partial charge < -0.3 is 5.11 Å². The van der Waals surface area contributed by atoms with E-state index in [2.05, 4.69) is 6.92 Å². The molecule has 0 heterocycles. The molecule has 0 radical (unpaired) electrons. The zero-order valence-corrected chi connectivity index (χ0v) is 13.2. The number of carboxylic acids is 1. The fourth-order valence-electron chi connectivity index (χ4n) is 2.18. The molecule has 0 saturated carbocycles. The molecule has 1 aromatic rings. The molecule has 0 aliphatic carbocycles. The van der Waals surface area contributed by atoms with Crippen molar-refractivity contribution in [2.75, 3.05) is 0 Å². The standard InChI is InChI=1S/C17H26O2S/c1-2-3-4-5-6-7-11-14-16(17(18)19)20-15-12-9-8-10-13-15/h8-10,12-13,16H,2-7,11,14H2,1H3,(H,18,19). The van der Waals surface area contributed by atoms with Crippen molar-refractivity contribution in [3.8, 4) is 0 Å². The lowest BCUT2D eigenvalue weighted by Gasteiger charge is -2.11. The minimum absolute atomic E-state index is 0.312. The van der Waals surface area contributed by atoms with Crippen molar-refractivity contribution >= 4 is 17.7 Å². The van der Waals surface area contributed by atoms with Gasteiger partial charge in [-0.2, -0.15) is 0 Å². The maximum absolute atomic E-state index is 11.3. The molecule has 112 valence electrons. The Morgan fingerprint density at radius 3 is 2.25 bits per heavy atom. The molecule has 2 nitrogen and oxygen atoms in total. The number of unbranched alkanes of at least 4 members (excludes halogenated alkanes) is 6. The first-order chi connectivity index (χ1) is 9.74. The summed E-state index contributed by atoms with van der Waals surface area (Å²) in [6, 6.07) is 9.82. The van der Waals surface area contributed by atoms with Crippen LogP contribution in [-0.4, -0.2) is 16.3 Å². The van der Waals surface area contributed by atoms with Crippen LogP contribution in [0.15, 0.2) is 35.2 Å². The van der Waals surface area contributed by atoms with E-state index >= 15 is 0 Å². The minimum atomic E-state index is -0.690. The van der Waals surface area contributed by atoms with Gasteiger partial charge in [0.1, 0.15) is 5.25 Å². The smallest absolute Gasteiger partial charge is 0.316 e. The Kier molecular flexibility index (Phi) is 9.22. The van der Waals surface area contributed by atoms with E-state index in [1.165, 1.54) is 43.9 Å². The zero-order valence-electron chi connectivity index (χ0n) is 12.4. The van der Waals surface area contributed by atoms with Crippen LogP contribution in [0.2, 0.25) is 0 Å². The topological polar surface area (TPSA) is 37.3 Å². The number of carboxylic acid groups (broad SMARTS) is 1. The first-order valence-electron chi connectivity index (χ1n) is 7.68. The van der Waals surface area contributed by atoms with Gasteiger partial charge in [0.2, 0.25) is 0 Å². The van der Waals surface area contributed by atoms with Crippen LogP contribution in [0.25, 0.3) is 0 Å². The van der Waals surface area contributed by atoms with Crippen LogP contribution in [0, 0.1) is 0 Å². The zero-order chi connectivity index (χ0) is 14.6. The van der Waals surface area contributed by atoms with Crippen LogP contribution >= 0.6 is 11.8 Å². The molecule has 3 heteroatoms. The van der Waals surface area contributed by atoms with E-state index in [4.69, 9.17) is 0 Å². The predicted molar refractivity (Wildman–Crippen MR) is 86.3 cm³/mol. The lowest BCUT2D eigenvalue weighted by Crippen LogP contribution is -2.16. The summed E-state index contributed by atoms with van der Waals surface area (Å²) in [6.07, 6.45) is 9.38. The first-order valence-corrected chi connectivity index (χ1v) is 8.56. The lowest BCUT2D eigenvalue weighted by atomic mass is 10.1. The van der Waals surface area contributed by atoms with Crippen LogP contribution in [-0.2, 0) is 4.79 Å². The Morgan fingerprint density at radius 1 is 1.05 bits per heavy atom. The molecule has 0 aliphatic heterocycles. The van der Waals surface area contributed by atoms with E-state index in [1.54, 1.807) is 0 Å². The summed E-state index contributed by atoms with van der Waals surface area (Å²) in [5, 5.41) is 8.97. The van der Waals surface area contributed by atoms with Crippen LogP contribution in [0.3, 0.4) is 0 Å². The Morgan fingerprint density at radius 2 is 1.65 bits per heavy atom. The van der Waals surface area contributed by atoms with Gasteiger partial charge in [-0.15, -0.1) is 11.8 Å². The van der Waals surface area contributed by atoms with E-state index in [1.807, 2.05) is 30.3 Å². The molecule has 20 heavy (non-hydrogen) atoms. The second kappa shape index (κ2) is 10.8. The predicted octanol–water partition coefficient (Wildman–Crippen LogP) is 5.37. The van der Waals surface area contributed by atoms with Gasteiger partial charge in [-0.05, 0) is 18.6 Å². The molecule has 0 bridgehead atoms. The number of benzene rings is 1. The third kappa shape index (κ3) is 7.59. The molecule has 0 aliphatic rings. The van der Waals surface area contributed by atoms with Crippen molar-refractivity contribution in [1.82, 2.24) is 0 Å². The van der Waals surface area contributed by atoms with Gasteiger partial charge in [0, 0.05) is 4.90 Å². The summed E-state index contributed by atoms with van der Waals surface area (Å²) in [4.78, 5) is 12.3. The van der Waals surface area contributed by atoms with Crippen molar-refractivity contribution in [3.05, 3.63) is 30.3 Å². The Bertz CT molecular complexity index is 365. The molecule has 0 aromatic heterocycles. The van der Waals surface area contributed by atoms with Gasteiger partial charge in [-0.25, -0.2) is 0 Å². The maximum Gasteiger partial charge on any atom is 0.316 e. The normalized spacial score (nSPS) is 12.2. The molecule has 1 rings (SSSR count). The van der Waals surface area contributed by atoms with Crippen molar-refractivity contribution in [2.45, 2.75) is 68.4 Å². The average molecular weight is 294 g/mol. The highest BCUT2D eigenvalue weighted by Crippen LogP contribution is 2.27. The van der Waals surface area contributed by atoms with Gasteiger partial charge in [0.15, 0.2) is 0 Å². The summed E-state index contributed by atoms with van der Waals surface area (Å²) in [6.45, 7) is 2.22. The van der Waals surface area contributed by atoms with Gasteiger partial charge >= 0.3 is 5.97 Å². The summed E-state index contributed by atoms with van der Waals surface area (Å²) >= 11 is 1.47. The van der Waals surface area contributed by atoms with Crippen LogP contribution in [0.5, 0.6) is 0 Å². The molecule has 1 N–H and O–H groups in total. The molecule has 1 unspecified atom stereocenters. The largest absolute Gasteiger partial charge is 0.480 e.